The van der Waals surface area contributed by atoms with E-state index in [1.54, 1.807) is 10.8 Å². The number of rotatable bonds is 6. The number of hydrogen-bond donors (Lipinski definition) is 2. The summed E-state index contributed by atoms with van der Waals surface area (Å²) in [6.45, 7) is 6.04. The summed E-state index contributed by atoms with van der Waals surface area (Å²) in [5, 5.41) is 9.19. The van der Waals surface area contributed by atoms with Gasteiger partial charge in [0.2, 0.25) is 10.0 Å². The average Bonchev–Trinajstić information content (AvgIpc) is 2.71. The topological polar surface area (TPSA) is 71.3 Å². The Morgan fingerprint density at radius 3 is 2.53 bits per heavy atom. The molecule has 0 amide bonds. The molecule has 1 heterocycles. The zero-order valence-electron chi connectivity index (χ0n) is 10.5. The Morgan fingerprint density at radius 1 is 1.47 bits per heavy atom. The molecule has 17 heavy (non-hydrogen) atoms. The number of nitrogens with zero attached hydrogens (tertiary/aromatic N) is 1. The molecule has 0 aromatic carbocycles. The second kappa shape index (κ2) is 5.66. The first-order chi connectivity index (χ1) is 7.92. The molecule has 0 aliphatic carbocycles. The van der Waals surface area contributed by atoms with Crippen LogP contribution in [0.2, 0.25) is 0 Å². The van der Waals surface area contributed by atoms with Gasteiger partial charge >= 0.3 is 0 Å². The maximum absolute atomic E-state index is 11.9. The number of hydrogen-bond acceptors (Lipinski definition) is 3. The number of aromatic nitrogens is 1. The van der Waals surface area contributed by atoms with E-state index in [0.717, 1.165) is 6.42 Å². The van der Waals surface area contributed by atoms with Crippen LogP contribution in [0.15, 0.2) is 17.2 Å². The van der Waals surface area contributed by atoms with Gasteiger partial charge in [-0.1, -0.05) is 6.92 Å². The molecule has 0 atom stereocenters. The molecule has 0 spiro atoms. The van der Waals surface area contributed by atoms with E-state index in [4.69, 9.17) is 0 Å². The summed E-state index contributed by atoms with van der Waals surface area (Å²) < 4.78 is 28.0. The molecule has 0 saturated carbocycles. The fourth-order valence-electron chi connectivity index (χ4n) is 1.57. The molecule has 0 unspecified atom stereocenters. The van der Waals surface area contributed by atoms with Gasteiger partial charge in [-0.3, -0.25) is 0 Å². The van der Waals surface area contributed by atoms with Crippen molar-refractivity contribution in [1.82, 2.24) is 9.29 Å². The van der Waals surface area contributed by atoms with E-state index in [1.807, 2.05) is 20.8 Å². The molecule has 5 nitrogen and oxygen atoms in total. The molecule has 0 aliphatic heterocycles. The molecule has 6 heteroatoms. The number of aliphatic hydroxyl groups is 1. The second-order valence-electron chi connectivity index (χ2n) is 4.22. The largest absolute Gasteiger partial charge is 0.390 e. The van der Waals surface area contributed by atoms with Gasteiger partial charge < -0.3 is 9.67 Å². The minimum absolute atomic E-state index is 0.118. The van der Waals surface area contributed by atoms with Crippen molar-refractivity contribution in [2.45, 2.75) is 44.7 Å². The van der Waals surface area contributed by atoms with Gasteiger partial charge in [0, 0.05) is 24.5 Å². The third kappa shape index (κ3) is 3.31. The standard InChI is InChI=1S/C11H20N2O3S/c1-4-5-12-17(15,16)11-6-10(8-14)13(7-11)9(2)3/h6-7,9,12,14H,4-5,8H2,1-3H3. The highest BCUT2D eigenvalue weighted by Gasteiger charge is 2.18. The summed E-state index contributed by atoms with van der Waals surface area (Å²) in [7, 11) is -3.45. The summed E-state index contributed by atoms with van der Waals surface area (Å²) >= 11 is 0. The predicted octanol–water partition coefficient (Wildman–Crippen LogP) is 1.25. The second-order valence-corrected chi connectivity index (χ2v) is 5.99. The third-order valence-corrected chi connectivity index (χ3v) is 3.91. The fourth-order valence-corrected chi connectivity index (χ4v) is 2.75. The Balaban J connectivity index is 3.07. The van der Waals surface area contributed by atoms with Crippen LogP contribution in [-0.2, 0) is 16.6 Å². The molecule has 2 N–H and O–H groups in total. The summed E-state index contributed by atoms with van der Waals surface area (Å²) in [5.41, 5.74) is 0.608. The van der Waals surface area contributed by atoms with Crippen molar-refractivity contribution in [3.05, 3.63) is 18.0 Å². The van der Waals surface area contributed by atoms with Crippen LogP contribution in [-0.4, -0.2) is 24.6 Å². The van der Waals surface area contributed by atoms with Gasteiger partial charge in [0.1, 0.15) is 0 Å². The van der Waals surface area contributed by atoms with Crippen LogP contribution in [0.3, 0.4) is 0 Å². The molecular weight excluding hydrogens is 240 g/mol. The van der Waals surface area contributed by atoms with E-state index in [-0.39, 0.29) is 17.5 Å². The van der Waals surface area contributed by atoms with E-state index in [0.29, 0.717) is 12.2 Å². The van der Waals surface area contributed by atoms with Crippen LogP contribution in [0, 0.1) is 0 Å². The molecule has 0 bridgehead atoms. The van der Waals surface area contributed by atoms with Gasteiger partial charge in [0.25, 0.3) is 0 Å². The normalized spacial score (nSPS) is 12.3. The predicted molar refractivity (Wildman–Crippen MR) is 66.2 cm³/mol. The highest BCUT2D eigenvalue weighted by atomic mass is 32.2. The fraction of sp³-hybridized carbons (Fsp3) is 0.636. The number of aliphatic hydroxyl groups excluding tert-OH is 1. The number of nitrogens with one attached hydrogen (secondary N) is 1. The Labute approximate surface area is 103 Å². The Bertz CT molecular complexity index is 463. The van der Waals surface area contributed by atoms with Gasteiger partial charge in [-0.2, -0.15) is 0 Å². The minimum Gasteiger partial charge on any atom is -0.390 e. The van der Waals surface area contributed by atoms with Crippen LogP contribution in [0.4, 0.5) is 0 Å². The zero-order chi connectivity index (χ0) is 13.1. The number of sulfonamides is 1. The molecule has 0 fully saturated rings. The summed E-state index contributed by atoms with van der Waals surface area (Å²) in [6, 6.07) is 1.63. The molecular formula is C11H20N2O3S. The molecule has 0 radical (unpaired) electrons. The first kappa shape index (κ1) is 14.2. The lowest BCUT2D eigenvalue weighted by Gasteiger charge is -2.10. The van der Waals surface area contributed by atoms with Crippen molar-refractivity contribution >= 4 is 10.0 Å². The molecule has 0 saturated heterocycles. The van der Waals surface area contributed by atoms with Crippen molar-refractivity contribution in [2.24, 2.45) is 0 Å². The van der Waals surface area contributed by atoms with Crippen LogP contribution >= 0.6 is 0 Å². The Kier molecular flexibility index (Phi) is 4.73. The maximum atomic E-state index is 11.9. The van der Waals surface area contributed by atoms with E-state index >= 15 is 0 Å². The van der Waals surface area contributed by atoms with Gasteiger partial charge in [-0.25, -0.2) is 13.1 Å². The Morgan fingerprint density at radius 2 is 2.12 bits per heavy atom. The molecule has 1 aromatic heterocycles. The highest BCUT2D eigenvalue weighted by molar-refractivity contribution is 7.89. The van der Waals surface area contributed by atoms with Gasteiger partial charge in [-0.05, 0) is 26.3 Å². The van der Waals surface area contributed by atoms with Gasteiger partial charge in [0.05, 0.1) is 11.5 Å². The molecule has 1 aromatic rings. The quantitative estimate of drug-likeness (QED) is 0.808. The van der Waals surface area contributed by atoms with Crippen LogP contribution in [0.1, 0.15) is 38.9 Å². The molecule has 0 aliphatic rings. The monoisotopic (exact) mass is 260 g/mol. The third-order valence-electron chi connectivity index (χ3n) is 2.48. The summed E-state index contributed by atoms with van der Waals surface area (Å²) in [4.78, 5) is 0.212. The van der Waals surface area contributed by atoms with Crippen molar-refractivity contribution in [2.75, 3.05) is 6.54 Å². The lowest BCUT2D eigenvalue weighted by atomic mass is 10.3. The van der Waals surface area contributed by atoms with Crippen LogP contribution in [0.25, 0.3) is 0 Å². The van der Waals surface area contributed by atoms with Crippen molar-refractivity contribution in [3.8, 4) is 0 Å². The van der Waals surface area contributed by atoms with Crippen molar-refractivity contribution < 1.29 is 13.5 Å². The average molecular weight is 260 g/mol. The zero-order valence-corrected chi connectivity index (χ0v) is 11.3. The first-order valence-electron chi connectivity index (χ1n) is 5.73. The lowest BCUT2D eigenvalue weighted by Crippen LogP contribution is -2.24. The highest BCUT2D eigenvalue weighted by Crippen LogP contribution is 2.18. The van der Waals surface area contributed by atoms with Crippen molar-refractivity contribution in [1.29, 1.82) is 0 Å². The van der Waals surface area contributed by atoms with E-state index in [1.165, 1.54) is 6.07 Å². The van der Waals surface area contributed by atoms with Crippen LogP contribution in [0.5, 0.6) is 0 Å². The van der Waals surface area contributed by atoms with E-state index in [2.05, 4.69) is 4.72 Å². The minimum atomic E-state index is -3.45. The van der Waals surface area contributed by atoms with Gasteiger partial charge in [-0.15, -0.1) is 0 Å². The Hall–Kier alpha value is -0.850. The van der Waals surface area contributed by atoms with Gasteiger partial charge in [0.15, 0.2) is 0 Å². The van der Waals surface area contributed by atoms with Crippen LogP contribution < -0.4 is 4.72 Å². The smallest absolute Gasteiger partial charge is 0.242 e. The maximum Gasteiger partial charge on any atom is 0.242 e. The van der Waals surface area contributed by atoms with E-state index in [9.17, 15) is 13.5 Å². The van der Waals surface area contributed by atoms with E-state index < -0.39 is 10.0 Å². The molecule has 98 valence electrons. The summed E-state index contributed by atoms with van der Waals surface area (Å²) in [5.74, 6) is 0. The summed E-state index contributed by atoms with van der Waals surface area (Å²) in [6.07, 6.45) is 2.31. The SMILES string of the molecule is CCCNS(=O)(=O)c1cc(CO)n(C(C)C)c1. The lowest BCUT2D eigenvalue weighted by molar-refractivity contribution is 0.268. The van der Waals surface area contributed by atoms with Crippen molar-refractivity contribution in [3.63, 3.8) is 0 Å². The molecule has 1 rings (SSSR count). The first-order valence-corrected chi connectivity index (χ1v) is 7.22.